The second-order valence-corrected chi connectivity index (χ2v) is 6.01. The van der Waals surface area contributed by atoms with Crippen molar-refractivity contribution >= 4 is 0 Å². The van der Waals surface area contributed by atoms with Gasteiger partial charge in [-0.1, -0.05) is 32.4 Å². The molecule has 0 spiro atoms. The van der Waals surface area contributed by atoms with E-state index in [9.17, 15) is 10.2 Å². The van der Waals surface area contributed by atoms with Crippen LogP contribution in [0.25, 0.3) is 0 Å². The summed E-state index contributed by atoms with van der Waals surface area (Å²) < 4.78 is 0. The first-order chi connectivity index (χ1) is 9.61. The van der Waals surface area contributed by atoms with Crippen molar-refractivity contribution in [1.82, 2.24) is 5.32 Å². The highest BCUT2D eigenvalue weighted by molar-refractivity contribution is 5.42. The number of fused-ring (bicyclic) bond motifs is 1. The Balaban J connectivity index is 1.95. The highest BCUT2D eigenvalue weighted by Gasteiger charge is 2.28. The smallest absolute Gasteiger partial charge is 0.102 e. The van der Waals surface area contributed by atoms with E-state index in [0.717, 1.165) is 31.7 Å². The Morgan fingerprint density at radius 3 is 2.80 bits per heavy atom. The van der Waals surface area contributed by atoms with Crippen molar-refractivity contribution in [2.75, 3.05) is 6.54 Å². The van der Waals surface area contributed by atoms with Crippen molar-refractivity contribution in [1.29, 1.82) is 0 Å². The SMILES string of the molecule is CCC(C)C/C=C/CC1NCCC2=CC(O)C(O)C=C21. The van der Waals surface area contributed by atoms with Gasteiger partial charge >= 0.3 is 0 Å². The molecule has 1 saturated heterocycles. The van der Waals surface area contributed by atoms with Gasteiger partial charge in [0.05, 0.1) is 0 Å². The maximum atomic E-state index is 9.79. The largest absolute Gasteiger partial charge is 0.386 e. The molecule has 1 aliphatic carbocycles. The molecule has 3 heteroatoms. The second kappa shape index (κ2) is 7.21. The molecule has 1 heterocycles. The number of piperidine rings is 1. The quantitative estimate of drug-likeness (QED) is 0.676. The molecule has 4 atom stereocenters. The summed E-state index contributed by atoms with van der Waals surface area (Å²) in [5, 5.41) is 23.0. The van der Waals surface area contributed by atoms with E-state index >= 15 is 0 Å². The van der Waals surface area contributed by atoms with Gasteiger partial charge in [-0.15, -0.1) is 0 Å². The lowest BCUT2D eigenvalue weighted by Gasteiger charge is -2.33. The highest BCUT2D eigenvalue weighted by atomic mass is 16.3. The van der Waals surface area contributed by atoms with E-state index in [1.807, 2.05) is 12.2 Å². The minimum absolute atomic E-state index is 0.269. The van der Waals surface area contributed by atoms with E-state index in [0.29, 0.717) is 0 Å². The van der Waals surface area contributed by atoms with Crippen LogP contribution < -0.4 is 5.32 Å². The number of aliphatic hydroxyl groups is 2. The summed E-state index contributed by atoms with van der Waals surface area (Å²) in [4.78, 5) is 0. The minimum atomic E-state index is -0.764. The number of allylic oxidation sites excluding steroid dienone is 1. The number of hydrogen-bond donors (Lipinski definition) is 3. The average Bonchev–Trinajstić information content (AvgIpc) is 2.45. The van der Waals surface area contributed by atoms with E-state index in [2.05, 4.69) is 31.3 Å². The predicted molar refractivity (Wildman–Crippen MR) is 82.4 cm³/mol. The second-order valence-electron chi connectivity index (χ2n) is 6.01. The lowest BCUT2D eigenvalue weighted by molar-refractivity contribution is 0.0769. The molecule has 2 rings (SSSR count). The molecule has 1 aliphatic heterocycles. The molecule has 0 aromatic heterocycles. The Morgan fingerprint density at radius 1 is 1.30 bits per heavy atom. The molecule has 0 aromatic rings. The van der Waals surface area contributed by atoms with Crippen LogP contribution in [0.1, 0.15) is 39.5 Å². The zero-order valence-electron chi connectivity index (χ0n) is 12.5. The van der Waals surface area contributed by atoms with Gasteiger partial charge in [0.2, 0.25) is 0 Å². The van der Waals surface area contributed by atoms with Gasteiger partial charge < -0.3 is 15.5 Å². The fraction of sp³-hybridized carbons (Fsp3) is 0.647. The molecule has 3 nitrogen and oxygen atoms in total. The summed E-state index contributed by atoms with van der Waals surface area (Å²) in [5.74, 6) is 0.742. The van der Waals surface area contributed by atoms with Crippen LogP contribution in [0.2, 0.25) is 0 Å². The van der Waals surface area contributed by atoms with Gasteiger partial charge in [0.15, 0.2) is 0 Å². The Labute approximate surface area is 122 Å². The van der Waals surface area contributed by atoms with Crippen molar-refractivity contribution in [3.63, 3.8) is 0 Å². The molecular weight excluding hydrogens is 250 g/mol. The van der Waals surface area contributed by atoms with E-state index in [1.54, 1.807) is 0 Å². The summed E-state index contributed by atoms with van der Waals surface area (Å²) in [6.07, 6.45) is 10.9. The van der Waals surface area contributed by atoms with Crippen molar-refractivity contribution in [2.45, 2.75) is 57.8 Å². The molecule has 0 saturated carbocycles. The first-order valence-corrected chi connectivity index (χ1v) is 7.79. The summed E-state index contributed by atoms with van der Waals surface area (Å²) in [6.45, 7) is 5.43. The van der Waals surface area contributed by atoms with Crippen LogP contribution in [-0.4, -0.2) is 35.0 Å². The van der Waals surface area contributed by atoms with E-state index in [-0.39, 0.29) is 6.04 Å². The Morgan fingerprint density at radius 2 is 2.05 bits per heavy atom. The highest BCUT2D eigenvalue weighted by Crippen LogP contribution is 2.29. The van der Waals surface area contributed by atoms with Crippen LogP contribution in [0.4, 0.5) is 0 Å². The number of nitrogens with one attached hydrogen (secondary N) is 1. The van der Waals surface area contributed by atoms with Gasteiger partial charge in [0.1, 0.15) is 12.2 Å². The molecule has 0 aromatic carbocycles. The molecule has 0 amide bonds. The van der Waals surface area contributed by atoms with Gasteiger partial charge in [-0.05, 0) is 55.0 Å². The fourth-order valence-corrected chi connectivity index (χ4v) is 2.79. The third-order valence-corrected chi connectivity index (χ3v) is 4.38. The molecule has 1 fully saturated rings. The van der Waals surface area contributed by atoms with Crippen LogP contribution in [0, 0.1) is 5.92 Å². The molecule has 20 heavy (non-hydrogen) atoms. The maximum Gasteiger partial charge on any atom is 0.102 e. The first-order valence-electron chi connectivity index (χ1n) is 7.79. The lowest BCUT2D eigenvalue weighted by atomic mass is 9.84. The van der Waals surface area contributed by atoms with Crippen LogP contribution in [0.3, 0.4) is 0 Å². The van der Waals surface area contributed by atoms with Crippen molar-refractivity contribution < 1.29 is 10.2 Å². The number of aliphatic hydroxyl groups excluding tert-OH is 2. The normalized spacial score (nSPS) is 31.7. The Hall–Kier alpha value is -0.900. The summed E-state index contributed by atoms with van der Waals surface area (Å²) in [5.41, 5.74) is 2.36. The molecular formula is C17H27NO2. The third-order valence-electron chi connectivity index (χ3n) is 4.38. The Bertz CT molecular complexity index is 411. The molecule has 0 bridgehead atoms. The first kappa shape index (κ1) is 15.5. The standard InChI is InChI=1S/C17H27NO2/c1-3-12(2)6-4-5-7-15-14-11-17(20)16(19)10-13(14)8-9-18-15/h4-5,10-12,15-20H,3,6-9H2,1-2H3/b5-4+. The molecule has 3 N–H and O–H groups in total. The van der Waals surface area contributed by atoms with Gasteiger partial charge in [0.25, 0.3) is 0 Å². The van der Waals surface area contributed by atoms with Crippen LogP contribution in [0.15, 0.2) is 35.5 Å². The minimum Gasteiger partial charge on any atom is -0.386 e. The van der Waals surface area contributed by atoms with E-state index in [4.69, 9.17) is 0 Å². The van der Waals surface area contributed by atoms with Crippen molar-refractivity contribution in [2.24, 2.45) is 5.92 Å². The number of hydrogen-bond acceptors (Lipinski definition) is 3. The zero-order chi connectivity index (χ0) is 14.5. The summed E-state index contributed by atoms with van der Waals surface area (Å²) in [7, 11) is 0. The molecule has 0 radical (unpaired) electrons. The molecule has 112 valence electrons. The monoisotopic (exact) mass is 277 g/mol. The van der Waals surface area contributed by atoms with Gasteiger partial charge in [-0.25, -0.2) is 0 Å². The van der Waals surface area contributed by atoms with Crippen molar-refractivity contribution in [3.05, 3.63) is 35.5 Å². The van der Waals surface area contributed by atoms with E-state index < -0.39 is 12.2 Å². The topological polar surface area (TPSA) is 52.5 Å². The summed E-state index contributed by atoms with van der Waals surface area (Å²) >= 11 is 0. The number of rotatable bonds is 5. The predicted octanol–water partition coefficient (Wildman–Crippen LogP) is 2.32. The van der Waals surface area contributed by atoms with Gasteiger partial charge in [-0.3, -0.25) is 0 Å². The van der Waals surface area contributed by atoms with Gasteiger partial charge in [0, 0.05) is 6.04 Å². The Kier molecular flexibility index (Phi) is 5.58. The van der Waals surface area contributed by atoms with Crippen LogP contribution in [-0.2, 0) is 0 Å². The zero-order valence-corrected chi connectivity index (χ0v) is 12.5. The van der Waals surface area contributed by atoms with Crippen molar-refractivity contribution in [3.8, 4) is 0 Å². The molecule has 4 unspecified atom stereocenters. The van der Waals surface area contributed by atoms with Crippen LogP contribution >= 0.6 is 0 Å². The van der Waals surface area contributed by atoms with Crippen LogP contribution in [0.5, 0.6) is 0 Å². The fourth-order valence-electron chi connectivity index (χ4n) is 2.79. The lowest BCUT2D eigenvalue weighted by Crippen LogP contribution is -2.40. The van der Waals surface area contributed by atoms with Gasteiger partial charge in [-0.2, -0.15) is 0 Å². The average molecular weight is 277 g/mol. The molecule has 2 aliphatic rings. The third kappa shape index (κ3) is 3.81. The van der Waals surface area contributed by atoms with E-state index in [1.165, 1.54) is 17.6 Å². The maximum absolute atomic E-state index is 9.79. The summed E-state index contributed by atoms with van der Waals surface area (Å²) in [6, 6.07) is 0.269.